The van der Waals surface area contributed by atoms with Gasteiger partial charge in [0.1, 0.15) is 5.75 Å². The summed E-state index contributed by atoms with van der Waals surface area (Å²) in [6.07, 6.45) is 0.102. The molecule has 1 aromatic carbocycles. The van der Waals surface area contributed by atoms with Crippen molar-refractivity contribution in [3.05, 3.63) is 27.7 Å². The Kier molecular flexibility index (Phi) is 6.89. The SMILES string of the molecule is CCCOc1c(Cl)cc(Cl)cc1C(O)C(N)CCO. The summed E-state index contributed by atoms with van der Waals surface area (Å²) in [5, 5.41) is 19.8. The third-order valence-electron chi connectivity index (χ3n) is 2.67. The Morgan fingerprint density at radius 3 is 2.63 bits per heavy atom. The lowest BCUT2D eigenvalue weighted by atomic mass is 10.00. The minimum atomic E-state index is -0.991. The Morgan fingerprint density at radius 2 is 2.05 bits per heavy atom. The lowest BCUT2D eigenvalue weighted by Gasteiger charge is -2.22. The minimum absolute atomic E-state index is 0.0995. The molecule has 0 amide bonds. The number of aliphatic hydroxyl groups is 2. The molecule has 0 saturated heterocycles. The summed E-state index contributed by atoms with van der Waals surface area (Å²) in [4.78, 5) is 0. The zero-order chi connectivity index (χ0) is 14.4. The van der Waals surface area contributed by atoms with Gasteiger partial charge in [0.15, 0.2) is 0 Å². The van der Waals surface area contributed by atoms with Crippen molar-refractivity contribution in [3.63, 3.8) is 0 Å². The molecule has 2 unspecified atom stereocenters. The van der Waals surface area contributed by atoms with Crippen molar-refractivity contribution >= 4 is 23.2 Å². The maximum absolute atomic E-state index is 10.2. The van der Waals surface area contributed by atoms with Gasteiger partial charge in [-0.05, 0) is 25.0 Å². The fourth-order valence-electron chi connectivity index (χ4n) is 1.69. The van der Waals surface area contributed by atoms with E-state index in [2.05, 4.69) is 0 Å². The number of nitrogens with two attached hydrogens (primary N) is 1. The maximum atomic E-state index is 10.2. The van der Waals surface area contributed by atoms with Crippen molar-refractivity contribution in [2.45, 2.75) is 31.9 Å². The molecule has 0 radical (unpaired) electrons. The van der Waals surface area contributed by atoms with E-state index in [4.69, 9.17) is 38.8 Å². The predicted octanol–water partition coefficient (Wildman–Crippen LogP) is 2.53. The van der Waals surface area contributed by atoms with Gasteiger partial charge < -0.3 is 20.7 Å². The lowest BCUT2D eigenvalue weighted by molar-refractivity contribution is 0.125. The van der Waals surface area contributed by atoms with Gasteiger partial charge in [-0.25, -0.2) is 0 Å². The molecule has 1 rings (SSSR count). The molecule has 0 aromatic heterocycles. The van der Waals surface area contributed by atoms with Crippen LogP contribution in [0.4, 0.5) is 0 Å². The summed E-state index contributed by atoms with van der Waals surface area (Å²) < 4.78 is 5.55. The molecule has 2 atom stereocenters. The number of hydrogen-bond donors (Lipinski definition) is 3. The molecule has 0 saturated carbocycles. The van der Waals surface area contributed by atoms with Gasteiger partial charge in [-0.15, -0.1) is 0 Å². The number of benzene rings is 1. The Hall–Kier alpha value is -0.520. The molecule has 6 heteroatoms. The molecular weight excluding hydrogens is 289 g/mol. The van der Waals surface area contributed by atoms with E-state index < -0.39 is 12.1 Å². The Morgan fingerprint density at radius 1 is 1.37 bits per heavy atom. The first-order valence-electron chi connectivity index (χ1n) is 6.17. The van der Waals surface area contributed by atoms with Crippen molar-refractivity contribution in [1.82, 2.24) is 0 Å². The second-order valence-corrected chi connectivity index (χ2v) is 5.12. The largest absolute Gasteiger partial charge is 0.492 e. The van der Waals surface area contributed by atoms with Crippen molar-refractivity contribution in [2.24, 2.45) is 5.73 Å². The molecule has 0 fully saturated rings. The molecule has 0 bridgehead atoms. The molecule has 0 aliphatic carbocycles. The van der Waals surface area contributed by atoms with Gasteiger partial charge in [0.2, 0.25) is 0 Å². The van der Waals surface area contributed by atoms with Crippen molar-refractivity contribution in [2.75, 3.05) is 13.2 Å². The second kappa shape index (κ2) is 7.92. The van der Waals surface area contributed by atoms with Crippen LogP contribution in [0.1, 0.15) is 31.4 Å². The van der Waals surface area contributed by atoms with E-state index in [0.717, 1.165) is 6.42 Å². The van der Waals surface area contributed by atoms with Crippen LogP contribution in [-0.4, -0.2) is 29.5 Å². The summed E-state index contributed by atoms with van der Waals surface area (Å²) in [5.41, 5.74) is 6.26. The van der Waals surface area contributed by atoms with Crippen LogP contribution in [0.3, 0.4) is 0 Å². The highest BCUT2D eigenvalue weighted by Gasteiger charge is 2.23. The Labute approximate surface area is 123 Å². The van der Waals surface area contributed by atoms with E-state index in [0.29, 0.717) is 28.0 Å². The summed E-state index contributed by atoms with van der Waals surface area (Å²) in [6.45, 7) is 2.35. The van der Waals surface area contributed by atoms with E-state index in [1.165, 1.54) is 0 Å². The first-order valence-corrected chi connectivity index (χ1v) is 6.93. The molecule has 4 nitrogen and oxygen atoms in total. The van der Waals surface area contributed by atoms with E-state index in [9.17, 15) is 5.11 Å². The minimum Gasteiger partial charge on any atom is -0.492 e. The maximum Gasteiger partial charge on any atom is 0.143 e. The lowest BCUT2D eigenvalue weighted by Crippen LogP contribution is -2.29. The first-order chi connectivity index (χ1) is 9.01. The smallest absolute Gasteiger partial charge is 0.143 e. The Bertz CT molecular complexity index is 415. The fourth-order valence-corrected chi connectivity index (χ4v) is 2.26. The third-order valence-corrected chi connectivity index (χ3v) is 3.17. The number of ether oxygens (including phenoxy) is 1. The van der Waals surface area contributed by atoms with E-state index in [1.54, 1.807) is 12.1 Å². The number of hydrogen-bond acceptors (Lipinski definition) is 4. The van der Waals surface area contributed by atoms with Gasteiger partial charge in [-0.3, -0.25) is 0 Å². The van der Waals surface area contributed by atoms with Crippen molar-refractivity contribution < 1.29 is 14.9 Å². The molecule has 0 heterocycles. The van der Waals surface area contributed by atoms with Crippen molar-refractivity contribution in [3.8, 4) is 5.75 Å². The van der Waals surface area contributed by atoms with Crippen LogP contribution in [0, 0.1) is 0 Å². The molecule has 108 valence electrons. The summed E-state index contributed by atoms with van der Waals surface area (Å²) in [7, 11) is 0. The quantitative estimate of drug-likeness (QED) is 0.723. The Balaban J connectivity index is 3.08. The molecule has 0 aliphatic heterocycles. The zero-order valence-corrected chi connectivity index (χ0v) is 12.3. The van der Waals surface area contributed by atoms with Crippen LogP contribution in [0.15, 0.2) is 12.1 Å². The van der Waals surface area contributed by atoms with Crippen LogP contribution in [0.25, 0.3) is 0 Å². The monoisotopic (exact) mass is 307 g/mol. The highest BCUT2D eigenvalue weighted by Crippen LogP contribution is 2.37. The summed E-state index contributed by atoms with van der Waals surface area (Å²) in [5.74, 6) is 0.397. The van der Waals surface area contributed by atoms with Crippen LogP contribution in [0.2, 0.25) is 10.0 Å². The van der Waals surface area contributed by atoms with Gasteiger partial charge in [-0.2, -0.15) is 0 Å². The topological polar surface area (TPSA) is 75.7 Å². The second-order valence-electron chi connectivity index (χ2n) is 4.28. The van der Waals surface area contributed by atoms with Crippen LogP contribution in [0.5, 0.6) is 5.75 Å². The van der Waals surface area contributed by atoms with Gasteiger partial charge >= 0.3 is 0 Å². The standard InChI is InChI=1S/C13H19Cl2NO3/c1-2-5-19-13-9(6-8(14)7-10(13)15)12(18)11(16)3-4-17/h6-7,11-12,17-18H,2-5,16H2,1H3. The number of aliphatic hydroxyl groups excluding tert-OH is 2. The van der Waals surface area contributed by atoms with Crippen LogP contribution < -0.4 is 10.5 Å². The van der Waals surface area contributed by atoms with E-state index >= 15 is 0 Å². The number of rotatable bonds is 7. The molecule has 1 aromatic rings. The molecule has 0 aliphatic rings. The molecule has 0 spiro atoms. The highest BCUT2D eigenvalue weighted by molar-refractivity contribution is 6.35. The molecule has 19 heavy (non-hydrogen) atoms. The fraction of sp³-hybridized carbons (Fsp3) is 0.538. The van der Waals surface area contributed by atoms with Gasteiger partial charge in [0, 0.05) is 23.2 Å². The molecule has 4 N–H and O–H groups in total. The predicted molar refractivity (Wildman–Crippen MR) is 76.9 cm³/mol. The van der Waals surface area contributed by atoms with Crippen LogP contribution in [-0.2, 0) is 0 Å². The zero-order valence-electron chi connectivity index (χ0n) is 10.8. The van der Waals surface area contributed by atoms with Gasteiger partial charge in [-0.1, -0.05) is 30.1 Å². The summed E-state index contributed by atoms with van der Waals surface area (Å²) >= 11 is 12.0. The van der Waals surface area contributed by atoms with E-state index in [1.807, 2.05) is 6.92 Å². The van der Waals surface area contributed by atoms with Crippen molar-refractivity contribution in [1.29, 1.82) is 0 Å². The van der Waals surface area contributed by atoms with Crippen LogP contribution >= 0.6 is 23.2 Å². The van der Waals surface area contributed by atoms with E-state index in [-0.39, 0.29) is 13.0 Å². The third kappa shape index (κ3) is 4.51. The summed E-state index contributed by atoms with van der Waals surface area (Å²) in [6, 6.07) is 2.53. The number of halogens is 2. The highest BCUT2D eigenvalue weighted by atomic mass is 35.5. The molecular formula is C13H19Cl2NO3. The average Bonchev–Trinajstić information content (AvgIpc) is 2.36. The normalized spacial score (nSPS) is 14.2. The van der Waals surface area contributed by atoms with Gasteiger partial charge in [0.05, 0.1) is 17.7 Å². The average molecular weight is 308 g/mol. The van der Waals surface area contributed by atoms with Gasteiger partial charge in [0.25, 0.3) is 0 Å². The first kappa shape index (κ1) is 16.5.